The molecule has 2 aliphatic carbocycles. The number of Topliss-reactive ketones (excluding diaryl/α,β-unsaturated/α-hetero) is 1. The maximum atomic E-state index is 13.1. The summed E-state index contributed by atoms with van der Waals surface area (Å²) >= 11 is 0. The summed E-state index contributed by atoms with van der Waals surface area (Å²) in [6.07, 6.45) is 6.38. The van der Waals surface area contributed by atoms with Gasteiger partial charge in [-0.1, -0.05) is 45.0 Å². The van der Waals surface area contributed by atoms with Gasteiger partial charge >= 0.3 is 0 Å². The van der Waals surface area contributed by atoms with Gasteiger partial charge in [-0.2, -0.15) is 0 Å². The van der Waals surface area contributed by atoms with Gasteiger partial charge in [-0.3, -0.25) is 4.79 Å². The van der Waals surface area contributed by atoms with E-state index in [9.17, 15) is 9.90 Å². The first kappa shape index (κ1) is 23.3. The van der Waals surface area contributed by atoms with Gasteiger partial charge < -0.3 is 9.94 Å². The molecule has 168 valence electrons. The molecule has 0 aromatic heterocycles. The van der Waals surface area contributed by atoms with Crippen LogP contribution in [0.3, 0.4) is 0 Å². The Balaban J connectivity index is 2.00. The van der Waals surface area contributed by atoms with Crippen molar-refractivity contribution >= 4 is 11.5 Å². The highest BCUT2D eigenvalue weighted by molar-refractivity contribution is 6.23. The molecule has 0 aliphatic heterocycles. The van der Waals surface area contributed by atoms with Crippen molar-refractivity contribution in [3.05, 3.63) is 57.4 Å². The Bertz CT molecular complexity index is 969. The van der Waals surface area contributed by atoms with Gasteiger partial charge in [-0.25, -0.2) is 0 Å². The van der Waals surface area contributed by atoms with E-state index in [0.29, 0.717) is 36.0 Å². The van der Waals surface area contributed by atoms with E-state index in [-0.39, 0.29) is 24.1 Å². The van der Waals surface area contributed by atoms with Gasteiger partial charge in [-0.15, -0.1) is 0 Å². The Morgan fingerprint density at radius 3 is 2.35 bits per heavy atom. The van der Waals surface area contributed by atoms with Crippen molar-refractivity contribution in [1.29, 1.82) is 0 Å². The highest BCUT2D eigenvalue weighted by Gasteiger charge is 2.38. The smallest absolute Gasteiger partial charge is 0.168 e. The van der Waals surface area contributed by atoms with E-state index in [1.807, 2.05) is 6.92 Å². The molecule has 0 heterocycles. The number of hydrogen-bond acceptors (Lipinski definition) is 4. The number of aliphatic hydroxyl groups excluding tert-OH is 1. The van der Waals surface area contributed by atoms with E-state index in [1.54, 1.807) is 6.08 Å². The zero-order valence-electron chi connectivity index (χ0n) is 20.0. The second kappa shape index (κ2) is 9.02. The van der Waals surface area contributed by atoms with E-state index in [1.165, 1.54) is 33.4 Å². The van der Waals surface area contributed by atoms with E-state index >= 15 is 0 Å². The highest BCUT2D eigenvalue weighted by atomic mass is 16.6. The number of benzene rings is 1. The zero-order chi connectivity index (χ0) is 22.9. The molecule has 1 aromatic carbocycles. The van der Waals surface area contributed by atoms with Gasteiger partial charge in [0.2, 0.25) is 0 Å². The number of carbonyl (C=O) groups is 1. The van der Waals surface area contributed by atoms with E-state index in [4.69, 9.17) is 4.84 Å². The van der Waals surface area contributed by atoms with Crippen LogP contribution in [0.2, 0.25) is 0 Å². The lowest BCUT2D eigenvalue weighted by molar-refractivity contribution is -0.116. The quantitative estimate of drug-likeness (QED) is 0.240. The van der Waals surface area contributed by atoms with E-state index in [0.717, 1.165) is 19.3 Å². The lowest BCUT2D eigenvalue weighted by atomic mass is 9.75. The van der Waals surface area contributed by atoms with Crippen LogP contribution in [0.25, 0.3) is 0 Å². The van der Waals surface area contributed by atoms with Crippen LogP contribution in [-0.2, 0) is 22.5 Å². The standard InChI is InChI=1S/C27H37NO3/c1-8-11-31-28-22(9-2)26-23(29)12-19(13-24(26)30)25-17(5)16(4)20-14-27(7,10-3)15-21(20)18(25)6/h8,19,29H,1,9-15H2,2-7H3/b28-22-. The Morgan fingerprint density at radius 1 is 1.16 bits per heavy atom. The molecule has 4 heteroatoms. The minimum absolute atomic E-state index is 0.000863. The number of hydrogen-bond donors (Lipinski definition) is 1. The first-order valence-electron chi connectivity index (χ1n) is 11.5. The molecule has 1 N–H and O–H groups in total. The highest BCUT2D eigenvalue weighted by Crippen LogP contribution is 2.47. The number of allylic oxidation sites excluding steroid dienone is 2. The van der Waals surface area contributed by atoms with Crippen molar-refractivity contribution in [3.8, 4) is 0 Å². The van der Waals surface area contributed by atoms with Gasteiger partial charge in [0.05, 0.1) is 11.3 Å². The molecule has 3 rings (SSSR count). The number of rotatable bonds is 7. The SMILES string of the molecule is C=CCO/N=C(/CC)C1=C(O)CC(c2c(C)c(C)c3c(c2C)CC(C)(CC)C3)CC1=O. The Labute approximate surface area is 187 Å². The van der Waals surface area contributed by atoms with Crippen LogP contribution in [0.15, 0.2) is 29.1 Å². The molecule has 0 spiro atoms. The third-order valence-corrected chi connectivity index (χ3v) is 7.54. The number of nitrogens with zero attached hydrogens (tertiary/aromatic N) is 1. The number of aliphatic hydroxyl groups is 1. The molecule has 0 fully saturated rings. The summed E-state index contributed by atoms with van der Waals surface area (Å²) < 4.78 is 0. The van der Waals surface area contributed by atoms with Gasteiger partial charge in [0.1, 0.15) is 12.4 Å². The van der Waals surface area contributed by atoms with Crippen molar-refractivity contribution in [2.45, 2.75) is 86.0 Å². The first-order chi connectivity index (χ1) is 14.7. The maximum absolute atomic E-state index is 13.1. The van der Waals surface area contributed by atoms with Crippen LogP contribution < -0.4 is 0 Å². The lowest BCUT2D eigenvalue weighted by Gasteiger charge is -2.29. The molecule has 2 aliphatic rings. The Morgan fingerprint density at radius 2 is 1.81 bits per heavy atom. The predicted molar refractivity (Wildman–Crippen MR) is 127 cm³/mol. The minimum atomic E-state index is -0.0492. The minimum Gasteiger partial charge on any atom is -0.511 e. The topological polar surface area (TPSA) is 58.9 Å². The second-order valence-corrected chi connectivity index (χ2v) is 9.59. The molecule has 4 nitrogen and oxygen atoms in total. The fourth-order valence-corrected chi connectivity index (χ4v) is 5.46. The third kappa shape index (κ3) is 4.22. The van der Waals surface area contributed by atoms with Crippen LogP contribution in [0.5, 0.6) is 0 Å². The third-order valence-electron chi connectivity index (χ3n) is 7.54. The predicted octanol–water partition coefficient (Wildman–Crippen LogP) is 6.35. The maximum Gasteiger partial charge on any atom is 0.168 e. The number of ketones is 1. The molecule has 0 saturated heterocycles. The molecule has 0 radical (unpaired) electrons. The average molecular weight is 424 g/mol. The van der Waals surface area contributed by atoms with Crippen LogP contribution in [0, 0.1) is 26.2 Å². The second-order valence-electron chi connectivity index (χ2n) is 9.59. The van der Waals surface area contributed by atoms with Crippen LogP contribution in [0.4, 0.5) is 0 Å². The van der Waals surface area contributed by atoms with E-state index < -0.39 is 0 Å². The average Bonchev–Trinajstić information content (AvgIpc) is 3.09. The van der Waals surface area contributed by atoms with Gasteiger partial charge in [-0.05, 0) is 84.7 Å². The van der Waals surface area contributed by atoms with Crippen molar-refractivity contribution in [3.63, 3.8) is 0 Å². The zero-order valence-corrected chi connectivity index (χ0v) is 20.0. The summed E-state index contributed by atoms with van der Waals surface area (Å²) in [5, 5.41) is 15.0. The van der Waals surface area contributed by atoms with Crippen molar-refractivity contribution < 1.29 is 14.7 Å². The van der Waals surface area contributed by atoms with Crippen molar-refractivity contribution in [1.82, 2.24) is 0 Å². The molecule has 0 bridgehead atoms. The van der Waals surface area contributed by atoms with Gasteiger partial charge in [0.15, 0.2) is 5.78 Å². The van der Waals surface area contributed by atoms with E-state index in [2.05, 4.69) is 46.4 Å². The summed E-state index contributed by atoms with van der Waals surface area (Å²) in [7, 11) is 0. The summed E-state index contributed by atoms with van der Waals surface area (Å²) in [5.41, 5.74) is 9.38. The summed E-state index contributed by atoms with van der Waals surface area (Å²) in [6.45, 7) is 17.1. The fourth-order valence-electron chi connectivity index (χ4n) is 5.46. The molecule has 31 heavy (non-hydrogen) atoms. The molecule has 2 unspecified atom stereocenters. The lowest BCUT2D eigenvalue weighted by Crippen LogP contribution is -2.25. The van der Waals surface area contributed by atoms with Crippen LogP contribution in [-0.4, -0.2) is 23.2 Å². The number of fused-ring (bicyclic) bond motifs is 1. The van der Waals surface area contributed by atoms with Gasteiger partial charge in [0.25, 0.3) is 0 Å². The monoisotopic (exact) mass is 423 g/mol. The summed E-state index contributed by atoms with van der Waals surface area (Å²) in [6, 6.07) is 0. The largest absolute Gasteiger partial charge is 0.511 e. The summed E-state index contributed by atoms with van der Waals surface area (Å²) in [4.78, 5) is 18.3. The Hall–Kier alpha value is -2.36. The molecular formula is C27H37NO3. The summed E-state index contributed by atoms with van der Waals surface area (Å²) in [5.74, 6) is 0.0900. The molecule has 2 atom stereocenters. The molecular weight excluding hydrogens is 386 g/mol. The molecule has 0 amide bonds. The number of oxime groups is 1. The van der Waals surface area contributed by atoms with Crippen molar-refractivity contribution in [2.75, 3.05) is 6.61 Å². The molecule has 0 saturated carbocycles. The number of carbonyl (C=O) groups excluding carboxylic acids is 1. The van der Waals surface area contributed by atoms with Crippen molar-refractivity contribution in [2.24, 2.45) is 10.6 Å². The normalized spacial score (nSPS) is 23.9. The first-order valence-corrected chi connectivity index (χ1v) is 11.5. The van der Waals surface area contributed by atoms with Crippen LogP contribution in [0.1, 0.15) is 85.8 Å². The fraction of sp³-hybridized carbons (Fsp3) is 0.556. The Kier molecular flexibility index (Phi) is 6.78. The molecule has 1 aromatic rings. The van der Waals surface area contributed by atoms with Crippen LogP contribution >= 0.6 is 0 Å². The van der Waals surface area contributed by atoms with Gasteiger partial charge in [0, 0.05) is 12.8 Å².